The number of amides is 2. The quantitative estimate of drug-likeness (QED) is 0.787. The highest BCUT2D eigenvalue weighted by atomic mass is 16.5. The topological polar surface area (TPSA) is 67.4 Å². The molecule has 1 unspecified atom stereocenters. The molecule has 0 aromatic heterocycles. The fourth-order valence-electron chi connectivity index (χ4n) is 2.31. The molecule has 1 atom stereocenters. The van der Waals surface area contributed by atoms with Crippen LogP contribution in [0.15, 0.2) is 0 Å². The van der Waals surface area contributed by atoms with Gasteiger partial charge in [0.15, 0.2) is 0 Å². The first-order valence-electron chi connectivity index (χ1n) is 7.63. The lowest BCUT2D eigenvalue weighted by Crippen LogP contribution is -2.51. The minimum absolute atomic E-state index is 0.0306. The van der Waals surface area contributed by atoms with Crippen LogP contribution in [0.2, 0.25) is 0 Å². The van der Waals surface area contributed by atoms with Crippen molar-refractivity contribution < 1.29 is 14.3 Å². The number of carbonyl (C=O) groups is 2. The lowest BCUT2D eigenvalue weighted by atomic mass is 10.0. The van der Waals surface area contributed by atoms with Crippen molar-refractivity contribution in [3.63, 3.8) is 0 Å². The highest BCUT2D eigenvalue weighted by Crippen LogP contribution is 2.18. The Kier molecular flexibility index (Phi) is 6.82. The van der Waals surface area contributed by atoms with Gasteiger partial charge in [0.05, 0.1) is 6.61 Å². The minimum Gasteiger partial charge on any atom is -0.449 e. The fourth-order valence-corrected chi connectivity index (χ4v) is 2.31. The van der Waals surface area contributed by atoms with E-state index < -0.39 is 12.1 Å². The molecule has 1 aliphatic rings. The van der Waals surface area contributed by atoms with Gasteiger partial charge in [-0.2, -0.15) is 0 Å². The Morgan fingerprint density at radius 1 is 1.15 bits per heavy atom. The van der Waals surface area contributed by atoms with Crippen LogP contribution >= 0.6 is 0 Å². The molecule has 0 aromatic rings. The maximum atomic E-state index is 12.2. The average Bonchev–Trinajstić information content (AvgIpc) is 2.85. The maximum Gasteiger partial charge on any atom is 0.407 e. The molecule has 1 aliphatic carbocycles. The van der Waals surface area contributed by atoms with E-state index in [9.17, 15) is 9.59 Å². The number of hydrogen-bond acceptors (Lipinski definition) is 3. The van der Waals surface area contributed by atoms with E-state index in [1.54, 1.807) is 0 Å². The summed E-state index contributed by atoms with van der Waals surface area (Å²) in [6.45, 7) is 8.14. The summed E-state index contributed by atoms with van der Waals surface area (Å²) in [5, 5.41) is 5.69. The van der Waals surface area contributed by atoms with E-state index in [0.717, 1.165) is 12.8 Å². The molecule has 1 saturated carbocycles. The monoisotopic (exact) mass is 284 g/mol. The molecule has 5 heteroatoms. The second-order valence-electron chi connectivity index (χ2n) is 6.35. The second kappa shape index (κ2) is 8.12. The number of nitrogens with one attached hydrogen (secondary N) is 2. The normalized spacial score (nSPS) is 17.3. The van der Waals surface area contributed by atoms with Gasteiger partial charge in [0, 0.05) is 6.04 Å². The summed E-state index contributed by atoms with van der Waals surface area (Å²) in [6, 6.07) is -0.271. The first-order chi connectivity index (χ1) is 9.40. The third-order valence-electron chi connectivity index (χ3n) is 3.47. The summed E-state index contributed by atoms with van der Waals surface area (Å²) in [6.07, 6.45) is 3.89. The molecule has 116 valence electrons. The summed E-state index contributed by atoms with van der Waals surface area (Å²) in [5.74, 6) is 0.210. The van der Waals surface area contributed by atoms with Crippen LogP contribution in [0.4, 0.5) is 4.79 Å². The van der Waals surface area contributed by atoms with Crippen molar-refractivity contribution in [1.82, 2.24) is 10.6 Å². The molecule has 2 amide bonds. The van der Waals surface area contributed by atoms with Gasteiger partial charge < -0.3 is 15.4 Å². The van der Waals surface area contributed by atoms with Crippen LogP contribution in [-0.4, -0.2) is 30.7 Å². The van der Waals surface area contributed by atoms with E-state index in [2.05, 4.69) is 10.6 Å². The third-order valence-corrected chi connectivity index (χ3v) is 3.47. The smallest absolute Gasteiger partial charge is 0.407 e. The number of rotatable bonds is 6. The van der Waals surface area contributed by atoms with E-state index in [1.165, 1.54) is 12.8 Å². The minimum atomic E-state index is -0.532. The number of carbonyl (C=O) groups excluding carboxylic acids is 2. The largest absolute Gasteiger partial charge is 0.449 e. The molecule has 0 aromatic carbocycles. The standard InChI is InChI=1S/C15H28N2O3/c1-10(2)9-20-15(19)17-13(11(3)4)14(18)16-12-7-5-6-8-12/h10-13H,5-9H2,1-4H3,(H,16,18)(H,17,19). The van der Waals surface area contributed by atoms with Gasteiger partial charge in [0.1, 0.15) is 6.04 Å². The van der Waals surface area contributed by atoms with Gasteiger partial charge in [-0.15, -0.1) is 0 Å². The molecule has 0 radical (unpaired) electrons. The van der Waals surface area contributed by atoms with Crippen molar-refractivity contribution in [2.45, 2.75) is 65.5 Å². The van der Waals surface area contributed by atoms with Crippen LogP contribution in [-0.2, 0) is 9.53 Å². The zero-order chi connectivity index (χ0) is 15.1. The maximum absolute atomic E-state index is 12.2. The molecule has 0 bridgehead atoms. The van der Waals surface area contributed by atoms with Gasteiger partial charge in [-0.25, -0.2) is 4.79 Å². The number of alkyl carbamates (subject to hydrolysis) is 1. The van der Waals surface area contributed by atoms with Gasteiger partial charge in [-0.1, -0.05) is 40.5 Å². The van der Waals surface area contributed by atoms with Crippen LogP contribution in [0.5, 0.6) is 0 Å². The molecule has 1 rings (SSSR count). The summed E-state index contributed by atoms with van der Waals surface area (Å²) in [4.78, 5) is 23.9. The van der Waals surface area contributed by atoms with Crippen LogP contribution in [0.3, 0.4) is 0 Å². The zero-order valence-electron chi connectivity index (χ0n) is 13.1. The summed E-state index contributed by atoms with van der Waals surface area (Å²) in [5.41, 5.74) is 0. The summed E-state index contributed by atoms with van der Waals surface area (Å²) >= 11 is 0. The average molecular weight is 284 g/mol. The van der Waals surface area contributed by atoms with Crippen molar-refractivity contribution in [2.24, 2.45) is 11.8 Å². The molecule has 5 nitrogen and oxygen atoms in total. The van der Waals surface area contributed by atoms with Crippen LogP contribution in [0.1, 0.15) is 53.4 Å². The molecular formula is C15H28N2O3. The van der Waals surface area contributed by atoms with Crippen molar-refractivity contribution in [1.29, 1.82) is 0 Å². The van der Waals surface area contributed by atoms with E-state index in [-0.39, 0.29) is 23.8 Å². The summed E-state index contributed by atoms with van der Waals surface area (Å²) < 4.78 is 5.07. The predicted octanol–water partition coefficient (Wildman–Crippen LogP) is 2.45. The molecule has 0 heterocycles. The molecule has 0 saturated heterocycles. The molecule has 0 aliphatic heterocycles. The van der Waals surface area contributed by atoms with Crippen LogP contribution in [0.25, 0.3) is 0 Å². The lowest BCUT2D eigenvalue weighted by molar-refractivity contribution is -0.124. The van der Waals surface area contributed by atoms with Crippen molar-refractivity contribution >= 4 is 12.0 Å². The van der Waals surface area contributed by atoms with E-state index >= 15 is 0 Å². The first kappa shape index (κ1) is 16.8. The van der Waals surface area contributed by atoms with Gasteiger partial charge in [0.2, 0.25) is 5.91 Å². The Bertz CT molecular complexity index is 323. The van der Waals surface area contributed by atoms with Gasteiger partial charge >= 0.3 is 6.09 Å². The van der Waals surface area contributed by atoms with Crippen molar-refractivity contribution in [3.05, 3.63) is 0 Å². The summed E-state index contributed by atoms with van der Waals surface area (Å²) in [7, 11) is 0. The highest BCUT2D eigenvalue weighted by Gasteiger charge is 2.27. The Labute approximate surface area is 121 Å². The Morgan fingerprint density at radius 2 is 1.75 bits per heavy atom. The van der Waals surface area contributed by atoms with Crippen molar-refractivity contribution in [2.75, 3.05) is 6.61 Å². The number of hydrogen-bond donors (Lipinski definition) is 2. The van der Waals surface area contributed by atoms with Gasteiger partial charge in [0.25, 0.3) is 0 Å². The zero-order valence-corrected chi connectivity index (χ0v) is 13.1. The lowest BCUT2D eigenvalue weighted by Gasteiger charge is -2.23. The second-order valence-corrected chi connectivity index (χ2v) is 6.35. The first-order valence-corrected chi connectivity index (χ1v) is 7.63. The van der Waals surface area contributed by atoms with Gasteiger partial charge in [-0.05, 0) is 24.7 Å². The van der Waals surface area contributed by atoms with E-state index in [1.807, 2.05) is 27.7 Å². The molecule has 1 fully saturated rings. The van der Waals surface area contributed by atoms with Crippen LogP contribution < -0.4 is 10.6 Å². The Morgan fingerprint density at radius 3 is 2.25 bits per heavy atom. The van der Waals surface area contributed by atoms with Crippen LogP contribution in [0, 0.1) is 11.8 Å². The molecule has 2 N–H and O–H groups in total. The number of ether oxygens (including phenoxy) is 1. The fraction of sp³-hybridized carbons (Fsp3) is 0.867. The Hall–Kier alpha value is -1.26. The van der Waals surface area contributed by atoms with E-state index in [4.69, 9.17) is 4.74 Å². The SMILES string of the molecule is CC(C)COC(=O)NC(C(=O)NC1CCCC1)C(C)C. The predicted molar refractivity (Wildman–Crippen MR) is 78.3 cm³/mol. The third kappa shape index (κ3) is 5.80. The molecule has 0 spiro atoms. The highest BCUT2D eigenvalue weighted by molar-refractivity contribution is 5.86. The molecule has 20 heavy (non-hydrogen) atoms. The van der Waals surface area contributed by atoms with Gasteiger partial charge in [-0.3, -0.25) is 4.79 Å². The van der Waals surface area contributed by atoms with E-state index in [0.29, 0.717) is 6.61 Å². The van der Waals surface area contributed by atoms with Crippen molar-refractivity contribution in [3.8, 4) is 0 Å². The molecular weight excluding hydrogens is 256 g/mol. The Balaban J connectivity index is 2.45.